The Kier molecular flexibility index (Phi) is 6.29. The average molecular weight is 517 g/mol. The van der Waals surface area contributed by atoms with Crippen LogP contribution in [0.2, 0.25) is 0 Å². The Morgan fingerprint density at radius 2 is 1.13 bits per heavy atom. The smallest absolute Gasteiger partial charge is 0.119 e. The molecule has 0 bridgehead atoms. The molecule has 5 aromatic rings. The van der Waals surface area contributed by atoms with Gasteiger partial charge in [-0.3, -0.25) is 0 Å². The van der Waals surface area contributed by atoms with Gasteiger partial charge in [-0.1, -0.05) is 0 Å². The number of rotatable bonds is 7. The van der Waals surface area contributed by atoms with Crippen molar-refractivity contribution in [2.24, 2.45) is 4.99 Å². The van der Waals surface area contributed by atoms with Crippen LogP contribution in [-0.2, 0) is 0 Å². The number of aromatic amines is 1. The normalized spacial score (nSPS) is 13.3. The Bertz CT molecular complexity index is 1730. The van der Waals surface area contributed by atoms with Gasteiger partial charge in [0.1, 0.15) is 23.0 Å². The summed E-state index contributed by atoms with van der Waals surface area (Å²) in [4.78, 5) is 8.78. The molecule has 0 atom stereocenters. The van der Waals surface area contributed by atoms with Crippen LogP contribution in [0.25, 0.3) is 33.8 Å². The van der Waals surface area contributed by atoms with Crippen molar-refractivity contribution in [2.75, 3.05) is 28.4 Å². The molecule has 4 aromatic carbocycles. The molecule has 0 unspecified atom stereocenters. The number of fused-ring (bicyclic) bond motifs is 2. The van der Waals surface area contributed by atoms with E-state index in [1.165, 1.54) is 0 Å². The Morgan fingerprint density at radius 1 is 0.564 bits per heavy atom. The summed E-state index contributed by atoms with van der Waals surface area (Å²) in [5.41, 5.74) is 7.87. The van der Waals surface area contributed by atoms with Crippen molar-refractivity contribution >= 4 is 28.3 Å². The number of nitrogens with one attached hydrogen (secondary N) is 1. The molecule has 0 amide bonds. The van der Waals surface area contributed by atoms with Crippen LogP contribution < -0.4 is 18.9 Å². The first-order chi connectivity index (χ1) is 19.1. The Hall–Kier alpha value is -4.97. The molecule has 194 valence electrons. The van der Waals surface area contributed by atoms with E-state index in [0.717, 1.165) is 78.8 Å². The van der Waals surface area contributed by atoms with Gasteiger partial charge >= 0.3 is 0 Å². The molecule has 6 heteroatoms. The second kappa shape index (κ2) is 10.1. The minimum Gasteiger partial charge on any atom is -0.497 e. The molecule has 1 aliphatic rings. The highest BCUT2D eigenvalue weighted by Crippen LogP contribution is 2.39. The number of nitrogens with zero attached hydrogens (tertiary/aromatic N) is 1. The summed E-state index contributed by atoms with van der Waals surface area (Å²) in [6.45, 7) is 0. The third-order valence-electron chi connectivity index (χ3n) is 7.06. The van der Waals surface area contributed by atoms with Crippen molar-refractivity contribution in [3.63, 3.8) is 0 Å². The van der Waals surface area contributed by atoms with E-state index in [0.29, 0.717) is 0 Å². The molecule has 6 nitrogen and oxygen atoms in total. The Labute approximate surface area is 227 Å². The number of aromatic nitrogens is 1. The maximum atomic E-state index is 5.55. The van der Waals surface area contributed by atoms with E-state index in [1.807, 2.05) is 54.6 Å². The topological polar surface area (TPSA) is 65.1 Å². The van der Waals surface area contributed by atoms with Crippen molar-refractivity contribution in [3.05, 3.63) is 107 Å². The van der Waals surface area contributed by atoms with Crippen molar-refractivity contribution in [1.29, 1.82) is 0 Å². The maximum absolute atomic E-state index is 5.55. The predicted octanol–water partition coefficient (Wildman–Crippen LogP) is 7.22. The molecule has 0 fully saturated rings. The first-order valence-corrected chi connectivity index (χ1v) is 12.6. The highest BCUT2D eigenvalue weighted by Gasteiger charge is 2.23. The minimum absolute atomic E-state index is 0.787. The molecule has 1 aromatic heterocycles. The summed E-state index contributed by atoms with van der Waals surface area (Å²) in [6.07, 6.45) is 2.11. The number of benzene rings is 4. The fourth-order valence-electron chi connectivity index (χ4n) is 4.99. The van der Waals surface area contributed by atoms with Gasteiger partial charge in [-0.05, 0) is 96.6 Å². The van der Waals surface area contributed by atoms with E-state index in [4.69, 9.17) is 23.9 Å². The highest BCUT2D eigenvalue weighted by molar-refractivity contribution is 6.22. The molecule has 2 heterocycles. The Morgan fingerprint density at radius 3 is 1.77 bits per heavy atom. The number of H-pyrrole nitrogens is 1. The van der Waals surface area contributed by atoms with Crippen LogP contribution in [0.3, 0.4) is 0 Å². The van der Waals surface area contributed by atoms with Crippen LogP contribution in [0, 0.1) is 0 Å². The third kappa shape index (κ3) is 4.40. The fraction of sp³-hybridized carbons (Fsp3) is 0.121. The van der Waals surface area contributed by atoms with E-state index in [-0.39, 0.29) is 0 Å². The van der Waals surface area contributed by atoms with Crippen LogP contribution >= 0.6 is 0 Å². The van der Waals surface area contributed by atoms with E-state index < -0.39 is 0 Å². The number of hydrogen-bond donors (Lipinski definition) is 1. The SMILES string of the molecule is COc1ccc(C2=N/C(=C\c3[nH]c(-c4ccc(OC)cc4)c4cc(OC)ccc34)c3ccc(OC)cc32)cc1. The van der Waals surface area contributed by atoms with Crippen LogP contribution in [0.1, 0.15) is 22.4 Å². The first-order valence-electron chi connectivity index (χ1n) is 12.6. The lowest BCUT2D eigenvalue weighted by atomic mass is 9.98. The van der Waals surface area contributed by atoms with Gasteiger partial charge in [-0.15, -0.1) is 0 Å². The standard InChI is InChI=1S/C33H28N2O4/c1-36-22-9-5-20(6-10-22)32-28-17-24(38-3)13-15-26(28)30(34-32)19-31-27-16-14-25(39-4)18-29(27)33(35-31)21-7-11-23(37-2)12-8-21/h5-19,34H,1-4H3/b31-19-. The van der Waals surface area contributed by atoms with Crippen molar-refractivity contribution in [3.8, 4) is 34.3 Å². The van der Waals surface area contributed by atoms with Gasteiger partial charge in [0.15, 0.2) is 0 Å². The van der Waals surface area contributed by atoms with Crippen LogP contribution in [0.15, 0.2) is 89.9 Å². The number of aliphatic imine (C=N–C) groups is 1. The van der Waals surface area contributed by atoms with E-state index >= 15 is 0 Å². The van der Waals surface area contributed by atoms with Crippen molar-refractivity contribution in [1.82, 2.24) is 4.98 Å². The van der Waals surface area contributed by atoms with Crippen LogP contribution in [0.4, 0.5) is 0 Å². The zero-order valence-corrected chi connectivity index (χ0v) is 22.2. The van der Waals surface area contributed by atoms with Crippen molar-refractivity contribution < 1.29 is 18.9 Å². The molecular formula is C33H28N2O4. The predicted molar refractivity (Wildman–Crippen MR) is 156 cm³/mol. The zero-order valence-electron chi connectivity index (χ0n) is 22.2. The molecular weight excluding hydrogens is 488 g/mol. The average Bonchev–Trinajstić information content (AvgIpc) is 3.54. The van der Waals surface area contributed by atoms with Gasteiger partial charge in [-0.2, -0.15) is 0 Å². The first kappa shape index (κ1) is 24.4. The van der Waals surface area contributed by atoms with Crippen molar-refractivity contribution in [2.45, 2.75) is 0 Å². The minimum atomic E-state index is 0.787. The van der Waals surface area contributed by atoms with E-state index in [9.17, 15) is 0 Å². The van der Waals surface area contributed by atoms with Gasteiger partial charge in [0.05, 0.1) is 45.5 Å². The lowest BCUT2D eigenvalue weighted by molar-refractivity contribution is 0.414. The molecule has 6 rings (SSSR count). The van der Waals surface area contributed by atoms with Crippen LogP contribution in [0.5, 0.6) is 23.0 Å². The van der Waals surface area contributed by atoms with Gasteiger partial charge in [0.2, 0.25) is 0 Å². The summed E-state index contributed by atoms with van der Waals surface area (Å²) in [5, 5.41) is 2.15. The van der Waals surface area contributed by atoms with Gasteiger partial charge in [-0.25, -0.2) is 4.99 Å². The number of ether oxygens (including phenoxy) is 4. The highest BCUT2D eigenvalue weighted by atomic mass is 16.5. The maximum Gasteiger partial charge on any atom is 0.119 e. The monoisotopic (exact) mass is 516 g/mol. The molecule has 0 saturated heterocycles. The zero-order chi connectivity index (χ0) is 26.9. The summed E-state index contributed by atoms with van der Waals surface area (Å²) in [7, 11) is 6.70. The van der Waals surface area contributed by atoms with Gasteiger partial charge in [0, 0.05) is 33.2 Å². The van der Waals surface area contributed by atoms with Crippen LogP contribution in [-0.4, -0.2) is 39.1 Å². The second-order valence-electron chi connectivity index (χ2n) is 9.18. The summed E-state index contributed by atoms with van der Waals surface area (Å²) in [5.74, 6) is 3.20. The van der Waals surface area contributed by atoms with Gasteiger partial charge < -0.3 is 23.9 Å². The summed E-state index contributed by atoms with van der Waals surface area (Å²) >= 11 is 0. The van der Waals surface area contributed by atoms with Gasteiger partial charge in [0.25, 0.3) is 0 Å². The fourth-order valence-corrected chi connectivity index (χ4v) is 4.99. The summed E-state index contributed by atoms with van der Waals surface area (Å²) in [6, 6.07) is 28.2. The number of methoxy groups -OCH3 is 4. The summed E-state index contributed by atoms with van der Waals surface area (Å²) < 4.78 is 21.8. The largest absolute Gasteiger partial charge is 0.497 e. The molecule has 39 heavy (non-hydrogen) atoms. The molecule has 0 radical (unpaired) electrons. The quantitative estimate of drug-likeness (QED) is 0.248. The molecule has 1 N–H and O–H groups in total. The second-order valence-corrected chi connectivity index (χ2v) is 9.18. The molecule has 0 aliphatic carbocycles. The molecule has 1 aliphatic heterocycles. The lowest BCUT2D eigenvalue weighted by Crippen LogP contribution is -2.01. The number of hydrogen-bond acceptors (Lipinski definition) is 5. The van der Waals surface area contributed by atoms with E-state index in [1.54, 1.807) is 28.4 Å². The molecule has 0 saturated carbocycles. The molecule has 0 spiro atoms. The van der Waals surface area contributed by atoms with E-state index in [2.05, 4.69) is 41.4 Å². The lowest BCUT2D eigenvalue weighted by Gasteiger charge is -2.07. The Balaban J connectivity index is 1.52. The third-order valence-corrected chi connectivity index (χ3v) is 7.06.